The number of hydrogen-bond acceptors (Lipinski definition) is 2. The molecule has 0 aromatic carbocycles. The van der Waals surface area contributed by atoms with Gasteiger partial charge < -0.3 is 4.74 Å². The third kappa shape index (κ3) is 12.7. The van der Waals surface area contributed by atoms with Crippen LogP contribution in [-0.2, 0) is 9.53 Å². The van der Waals surface area contributed by atoms with Crippen LogP contribution in [0.1, 0.15) is 39.0 Å². The van der Waals surface area contributed by atoms with Gasteiger partial charge in [0.05, 0.1) is 6.26 Å². The molecule has 0 fully saturated rings. The van der Waals surface area contributed by atoms with Crippen LogP contribution < -0.4 is 0 Å². The van der Waals surface area contributed by atoms with Crippen LogP contribution in [0, 0.1) is 0 Å². The van der Waals surface area contributed by atoms with E-state index in [0.717, 1.165) is 6.42 Å². The van der Waals surface area contributed by atoms with Gasteiger partial charge in [0.15, 0.2) is 0 Å². The van der Waals surface area contributed by atoms with Gasteiger partial charge in [-0.25, -0.2) is 0 Å². The lowest BCUT2D eigenvalue weighted by molar-refractivity contribution is -0.123. The third-order valence-electron chi connectivity index (χ3n) is 1.91. The number of ether oxygens (including phenoxy) is 1. The molecule has 0 radical (unpaired) electrons. The Morgan fingerprint density at radius 1 is 1.00 bits per heavy atom. The molecule has 0 atom stereocenters. The Bertz CT molecular complexity index is 215. The first-order valence-corrected chi connectivity index (χ1v) is 5.49. The summed E-state index contributed by atoms with van der Waals surface area (Å²) in [6, 6.07) is 0. The first-order chi connectivity index (χ1) is 7.41. The second kappa shape index (κ2) is 12.7. The van der Waals surface area contributed by atoms with Gasteiger partial charge in [-0.2, -0.15) is 0 Å². The van der Waals surface area contributed by atoms with Gasteiger partial charge in [0.2, 0.25) is 0 Å². The van der Waals surface area contributed by atoms with E-state index in [-0.39, 0.29) is 0 Å². The molecule has 0 aromatic rings. The predicted molar refractivity (Wildman–Crippen MR) is 63.3 cm³/mol. The zero-order valence-corrected chi connectivity index (χ0v) is 9.39. The molecule has 0 saturated carbocycles. The van der Waals surface area contributed by atoms with Gasteiger partial charge in [-0.3, -0.25) is 4.79 Å². The minimum absolute atomic E-state index is 0.397. The lowest BCUT2D eigenvalue weighted by Crippen LogP contribution is -1.73. The summed E-state index contributed by atoms with van der Waals surface area (Å²) in [6.45, 7) is 2.61. The molecule has 0 aliphatic rings. The van der Waals surface area contributed by atoms with Crippen molar-refractivity contribution in [1.82, 2.24) is 0 Å². The Labute approximate surface area is 92.3 Å². The summed E-state index contributed by atoms with van der Waals surface area (Å²) in [6.07, 6.45) is 17.3. The normalized spacial score (nSPS) is 11.8. The van der Waals surface area contributed by atoms with Gasteiger partial charge in [-0.05, 0) is 18.9 Å². The second-order valence-corrected chi connectivity index (χ2v) is 3.22. The fourth-order valence-corrected chi connectivity index (χ4v) is 1.11. The van der Waals surface area contributed by atoms with Crippen LogP contribution in [-0.4, -0.2) is 6.47 Å². The summed E-state index contributed by atoms with van der Waals surface area (Å²) in [5.41, 5.74) is 0. The second-order valence-electron chi connectivity index (χ2n) is 3.22. The fraction of sp³-hybridized carbons (Fsp3) is 0.462. The van der Waals surface area contributed by atoms with Gasteiger partial charge in [-0.1, -0.05) is 50.5 Å². The monoisotopic (exact) mass is 208 g/mol. The first kappa shape index (κ1) is 13.7. The summed E-state index contributed by atoms with van der Waals surface area (Å²) < 4.78 is 4.37. The van der Waals surface area contributed by atoms with Gasteiger partial charge in [0, 0.05) is 0 Å². The average molecular weight is 208 g/mol. The maximum absolute atomic E-state index is 9.75. The Balaban J connectivity index is 3.32. The predicted octanol–water partition coefficient (Wildman–Crippen LogP) is 3.76. The molecule has 0 amide bonds. The van der Waals surface area contributed by atoms with Crippen LogP contribution in [0.15, 0.2) is 36.6 Å². The number of rotatable bonds is 9. The highest BCUT2D eigenvalue weighted by molar-refractivity contribution is 5.38. The standard InChI is InChI=1S/C13H20O2/c1-2-3-4-5-6-7-8-9-10-11-12-15-13-14/h7-13H,2-6H2,1H3. The van der Waals surface area contributed by atoms with E-state index in [1.165, 1.54) is 31.9 Å². The van der Waals surface area contributed by atoms with E-state index in [0.29, 0.717) is 6.47 Å². The van der Waals surface area contributed by atoms with Crippen LogP contribution in [0.25, 0.3) is 0 Å². The first-order valence-electron chi connectivity index (χ1n) is 5.49. The molecule has 0 heterocycles. The molecule has 15 heavy (non-hydrogen) atoms. The Morgan fingerprint density at radius 2 is 1.80 bits per heavy atom. The number of carbonyl (C=O) groups is 1. The van der Waals surface area contributed by atoms with E-state index in [4.69, 9.17) is 0 Å². The van der Waals surface area contributed by atoms with Gasteiger partial charge >= 0.3 is 0 Å². The maximum atomic E-state index is 9.75. The minimum atomic E-state index is 0.397. The van der Waals surface area contributed by atoms with Gasteiger partial charge in [0.1, 0.15) is 0 Å². The van der Waals surface area contributed by atoms with E-state index in [1.54, 1.807) is 6.08 Å². The summed E-state index contributed by atoms with van der Waals surface area (Å²) in [7, 11) is 0. The lowest BCUT2D eigenvalue weighted by atomic mass is 10.1. The lowest BCUT2D eigenvalue weighted by Gasteiger charge is -1.92. The SMILES string of the molecule is CCCCCCC=CC=CC=COC=O. The van der Waals surface area contributed by atoms with E-state index in [2.05, 4.69) is 17.7 Å². The quantitative estimate of drug-likeness (QED) is 0.249. The van der Waals surface area contributed by atoms with Crippen molar-refractivity contribution in [2.45, 2.75) is 39.0 Å². The zero-order valence-electron chi connectivity index (χ0n) is 9.39. The van der Waals surface area contributed by atoms with Gasteiger partial charge in [-0.15, -0.1) is 0 Å². The Kier molecular flexibility index (Phi) is 11.6. The molecule has 0 aromatic heterocycles. The van der Waals surface area contributed by atoms with Crippen molar-refractivity contribution in [2.75, 3.05) is 0 Å². The molecule has 2 nitrogen and oxygen atoms in total. The molecule has 0 unspecified atom stereocenters. The van der Waals surface area contributed by atoms with Crippen LogP contribution in [0.3, 0.4) is 0 Å². The van der Waals surface area contributed by atoms with Crippen LogP contribution in [0.5, 0.6) is 0 Å². The molecule has 0 aliphatic carbocycles. The van der Waals surface area contributed by atoms with Crippen LogP contribution >= 0.6 is 0 Å². The van der Waals surface area contributed by atoms with Crippen LogP contribution in [0.4, 0.5) is 0 Å². The largest absolute Gasteiger partial charge is 0.437 e. The van der Waals surface area contributed by atoms with E-state index < -0.39 is 0 Å². The molecular weight excluding hydrogens is 188 g/mol. The number of unbranched alkanes of at least 4 members (excludes halogenated alkanes) is 4. The fourth-order valence-electron chi connectivity index (χ4n) is 1.11. The molecule has 0 bridgehead atoms. The highest BCUT2D eigenvalue weighted by Gasteiger charge is 1.82. The van der Waals surface area contributed by atoms with Crippen molar-refractivity contribution in [3.05, 3.63) is 36.6 Å². The molecule has 0 rings (SSSR count). The number of allylic oxidation sites excluding steroid dienone is 5. The number of carbonyl (C=O) groups excluding carboxylic acids is 1. The summed E-state index contributed by atoms with van der Waals surface area (Å²) >= 11 is 0. The molecule has 0 spiro atoms. The summed E-state index contributed by atoms with van der Waals surface area (Å²) in [4.78, 5) is 9.75. The van der Waals surface area contributed by atoms with Crippen molar-refractivity contribution in [3.8, 4) is 0 Å². The highest BCUT2D eigenvalue weighted by atomic mass is 16.5. The molecule has 84 valence electrons. The highest BCUT2D eigenvalue weighted by Crippen LogP contribution is 2.02. The molecule has 0 saturated heterocycles. The molecule has 2 heteroatoms. The Hall–Kier alpha value is -1.31. The van der Waals surface area contributed by atoms with E-state index in [9.17, 15) is 4.79 Å². The smallest absolute Gasteiger partial charge is 0.297 e. The van der Waals surface area contributed by atoms with Crippen molar-refractivity contribution >= 4 is 6.47 Å². The topological polar surface area (TPSA) is 26.3 Å². The van der Waals surface area contributed by atoms with E-state index in [1.807, 2.05) is 18.2 Å². The minimum Gasteiger partial charge on any atom is -0.437 e. The average Bonchev–Trinajstić information content (AvgIpc) is 2.26. The van der Waals surface area contributed by atoms with Crippen molar-refractivity contribution < 1.29 is 9.53 Å². The summed E-state index contributed by atoms with van der Waals surface area (Å²) in [5.74, 6) is 0. The number of hydrogen-bond donors (Lipinski definition) is 0. The summed E-state index contributed by atoms with van der Waals surface area (Å²) in [5, 5.41) is 0. The van der Waals surface area contributed by atoms with Gasteiger partial charge in [0.25, 0.3) is 6.47 Å². The van der Waals surface area contributed by atoms with Crippen LogP contribution in [0.2, 0.25) is 0 Å². The molecule has 0 N–H and O–H groups in total. The Morgan fingerprint density at radius 3 is 2.53 bits per heavy atom. The molecule has 0 aliphatic heterocycles. The zero-order chi connectivity index (χ0) is 11.2. The third-order valence-corrected chi connectivity index (χ3v) is 1.91. The maximum Gasteiger partial charge on any atom is 0.297 e. The van der Waals surface area contributed by atoms with Crippen molar-refractivity contribution in [3.63, 3.8) is 0 Å². The van der Waals surface area contributed by atoms with Crippen molar-refractivity contribution in [1.29, 1.82) is 0 Å². The van der Waals surface area contributed by atoms with Crippen molar-refractivity contribution in [2.24, 2.45) is 0 Å². The molecular formula is C13H20O2. The van der Waals surface area contributed by atoms with E-state index >= 15 is 0 Å².